The van der Waals surface area contributed by atoms with Gasteiger partial charge in [0.25, 0.3) is 0 Å². The van der Waals surface area contributed by atoms with Crippen molar-refractivity contribution in [1.82, 2.24) is 0 Å². The van der Waals surface area contributed by atoms with Crippen LogP contribution in [0.3, 0.4) is 0 Å². The first-order valence-electron chi connectivity index (χ1n) is 7.66. The van der Waals surface area contributed by atoms with Crippen LogP contribution < -0.4 is 10.6 Å². The minimum atomic E-state index is -1.32. The Morgan fingerprint density at radius 2 is 1.62 bits per heavy atom. The summed E-state index contributed by atoms with van der Waals surface area (Å²) in [7, 11) is 0. The molecule has 2 rings (SSSR count). The zero-order valence-corrected chi connectivity index (χ0v) is 14.2. The normalized spacial score (nSPS) is 11.0. The van der Waals surface area contributed by atoms with Crippen LogP contribution in [0.25, 0.3) is 0 Å². The molecule has 24 heavy (non-hydrogen) atoms. The van der Waals surface area contributed by atoms with Crippen molar-refractivity contribution in [3.05, 3.63) is 59.4 Å². The van der Waals surface area contributed by atoms with E-state index in [0.29, 0.717) is 11.4 Å². The fourth-order valence-electron chi connectivity index (χ4n) is 2.11. The van der Waals surface area contributed by atoms with E-state index >= 15 is 0 Å². The molecule has 0 unspecified atom stereocenters. The van der Waals surface area contributed by atoms with Crippen molar-refractivity contribution in [2.24, 2.45) is 5.41 Å². The van der Waals surface area contributed by atoms with Gasteiger partial charge in [-0.2, -0.15) is 0 Å². The third-order valence-corrected chi connectivity index (χ3v) is 3.86. The zero-order valence-electron chi connectivity index (χ0n) is 14.2. The van der Waals surface area contributed by atoms with Crippen molar-refractivity contribution < 1.29 is 14.0 Å². The van der Waals surface area contributed by atoms with E-state index in [-0.39, 0.29) is 0 Å². The molecule has 0 bridgehead atoms. The smallest absolute Gasteiger partial charge is 0.239 e. The number of carbonyl (C=O) groups excluding carboxylic acids is 2. The van der Waals surface area contributed by atoms with Crippen molar-refractivity contribution in [2.75, 3.05) is 10.6 Å². The third-order valence-electron chi connectivity index (χ3n) is 3.86. The highest BCUT2D eigenvalue weighted by Crippen LogP contribution is 2.24. The average molecular weight is 328 g/mol. The monoisotopic (exact) mass is 328 g/mol. The summed E-state index contributed by atoms with van der Waals surface area (Å²) in [5, 5.41) is 5.37. The van der Waals surface area contributed by atoms with Gasteiger partial charge in [0, 0.05) is 11.4 Å². The van der Waals surface area contributed by atoms with Gasteiger partial charge in [-0.1, -0.05) is 18.2 Å². The van der Waals surface area contributed by atoms with Crippen LogP contribution in [0.15, 0.2) is 42.5 Å². The van der Waals surface area contributed by atoms with E-state index in [9.17, 15) is 14.0 Å². The highest BCUT2D eigenvalue weighted by atomic mass is 19.1. The number of aryl methyl sites for hydroxylation is 2. The van der Waals surface area contributed by atoms with Gasteiger partial charge in [-0.25, -0.2) is 4.39 Å². The molecule has 0 aromatic heterocycles. The number of rotatable bonds is 4. The molecule has 126 valence electrons. The minimum Gasteiger partial charge on any atom is -0.325 e. The number of halogens is 1. The molecule has 0 aliphatic heterocycles. The fourth-order valence-corrected chi connectivity index (χ4v) is 2.11. The van der Waals surface area contributed by atoms with Gasteiger partial charge in [-0.15, -0.1) is 0 Å². The van der Waals surface area contributed by atoms with Crippen molar-refractivity contribution in [3.63, 3.8) is 0 Å². The highest BCUT2D eigenvalue weighted by Gasteiger charge is 2.36. The van der Waals surface area contributed by atoms with Gasteiger partial charge in [-0.3, -0.25) is 9.59 Å². The number of anilines is 2. The molecule has 4 nitrogen and oxygen atoms in total. The minimum absolute atomic E-state index is 0.313. The molecule has 2 aromatic rings. The summed E-state index contributed by atoms with van der Waals surface area (Å²) in [6.07, 6.45) is 0. The Morgan fingerprint density at radius 3 is 2.29 bits per heavy atom. The van der Waals surface area contributed by atoms with Gasteiger partial charge >= 0.3 is 0 Å². The molecule has 0 saturated carbocycles. The van der Waals surface area contributed by atoms with Crippen LogP contribution in [0.2, 0.25) is 0 Å². The highest BCUT2D eigenvalue weighted by molar-refractivity contribution is 6.14. The molecule has 0 fully saturated rings. The molecule has 0 atom stereocenters. The number of amides is 2. The Balaban J connectivity index is 2.14. The van der Waals surface area contributed by atoms with E-state index in [2.05, 4.69) is 10.6 Å². The van der Waals surface area contributed by atoms with Gasteiger partial charge in [-0.05, 0) is 63.1 Å². The Morgan fingerprint density at radius 1 is 0.958 bits per heavy atom. The molecule has 0 saturated heterocycles. The Bertz CT molecular complexity index is 785. The number of nitrogens with one attached hydrogen (secondary N) is 2. The standard InChI is InChI=1S/C19H21FN2O2/c1-12-8-9-13(2)16(10-12)22-18(24)19(3,4)17(23)21-15-7-5-6-14(20)11-15/h5-11H,1-4H3,(H,21,23)(H,22,24). The summed E-state index contributed by atoms with van der Waals surface area (Å²) in [6.45, 7) is 6.87. The van der Waals surface area contributed by atoms with E-state index in [1.54, 1.807) is 6.07 Å². The predicted octanol–water partition coefficient (Wildman–Crippen LogP) is 4.05. The predicted molar refractivity (Wildman–Crippen MR) is 93.4 cm³/mol. The number of hydrogen-bond acceptors (Lipinski definition) is 2. The van der Waals surface area contributed by atoms with Gasteiger partial charge in [0.1, 0.15) is 11.2 Å². The summed E-state index contributed by atoms with van der Waals surface area (Å²) in [5.41, 5.74) is 1.59. The summed E-state index contributed by atoms with van der Waals surface area (Å²) >= 11 is 0. The van der Waals surface area contributed by atoms with Crippen LogP contribution in [0.1, 0.15) is 25.0 Å². The van der Waals surface area contributed by atoms with Gasteiger partial charge < -0.3 is 10.6 Å². The van der Waals surface area contributed by atoms with Crippen molar-refractivity contribution in [3.8, 4) is 0 Å². The first-order chi connectivity index (χ1) is 11.2. The van der Waals surface area contributed by atoms with Gasteiger partial charge in [0.05, 0.1) is 0 Å². The summed E-state index contributed by atoms with van der Waals surface area (Å²) in [4.78, 5) is 25.0. The molecule has 2 aromatic carbocycles. The number of benzene rings is 2. The Labute approximate surface area is 141 Å². The van der Waals surface area contributed by atoms with Crippen molar-refractivity contribution in [1.29, 1.82) is 0 Å². The lowest BCUT2D eigenvalue weighted by Gasteiger charge is -2.23. The van der Waals surface area contributed by atoms with Crippen molar-refractivity contribution in [2.45, 2.75) is 27.7 Å². The molecule has 0 heterocycles. The van der Waals surface area contributed by atoms with E-state index in [4.69, 9.17) is 0 Å². The zero-order chi connectivity index (χ0) is 17.9. The maximum atomic E-state index is 13.2. The number of carbonyl (C=O) groups is 2. The second kappa shape index (κ2) is 6.83. The largest absolute Gasteiger partial charge is 0.325 e. The van der Waals surface area contributed by atoms with E-state index in [1.165, 1.54) is 32.0 Å². The van der Waals surface area contributed by atoms with Crippen LogP contribution in [0, 0.1) is 25.1 Å². The van der Waals surface area contributed by atoms with E-state index < -0.39 is 23.0 Å². The van der Waals surface area contributed by atoms with Crippen LogP contribution in [-0.2, 0) is 9.59 Å². The molecule has 0 spiro atoms. The van der Waals surface area contributed by atoms with Gasteiger partial charge in [0.2, 0.25) is 11.8 Å². The van der Waals surface area contributed by atoms with Crippen molar-refractivity contribution >= 4 is 23.2 Å². The van der Waals surface area contributed by atoms with Crippen LogP contribution in [0.4, 0.5) is 15.8 Å². The molecular formula is C19H21FN2O2. The second-order valence-electron chi connectivity index (χ2n) is 6.36. The van der Waals surface area contributed by atoms with Crippen LogP contribution >= 0.6 is 0 Å². The topological polar surface area (TPSA) is 58.2 Å². The van der Waals surface area contributed by atoms with Gasteiger partial charge in [0.15, 0.2) is 0 Å². The summed E-state index contributed by atoms with van der Waals surface area (Å²) in [5.74, 6) is -1.38. The molecule has 0 aliphatic rings. The second-order valence-corrected chi connectivity index (χ2v) is 6.36. The third kappa shape index (κ3) is 3.98. The molecule has 5 heteroatoms. The lowest BCUT2D eigenvalue weighted by Crippen LogP contribution is -2.41. The summed E-state index contributed by atoms with van der Waals surface area (Å²) in [6, 6.07) is 11.3. The van der Waals surface area contributed by atoms with E-state index in [1.807, 2.05) is 32.0 Å². The molecule has 0 aliphatic carbocycles. The van der Waals surface area contributed by atoms with E-state index in [0.717, 1.165) is 11.1 Å². The quantitative estimate of drug-likeness (QED) is 0.832. The Hall–Kier alpha value is -2.69. The molecule has 0 radical (unpaired) electrons. The first-order valence-corrected chi connectivity index (χ1v) is 7.66. The maximum absolute atomic E-state index is 13.2. The maximum Gasteiger partial charge on any atom is 0.239 e. The Kier molecular flexibility index (Phi) is 5.02. The molecule has 2 amide bonds. The lowest BCUT2D eigenvalue weighted by molar-refractivity contribution is -0.135. The van der Waals surface area contributed by atoms with Crippen LogP contribution in [0.5, 0.6) is 0 Å². The summed E-state index contributed by atoms with van der Waals surface area (Å²) < 4.78 is 13.2. The first kappa shape index (κ1) is 17.7. The number of hydrogen-bond donors (Lipinski definition) is 2. The lowest BCUT2D eigenvalue weighted by atomic mass is 9.90. The van der Waals surface area contributed by atoms with Crippen LogP contribution in [-0.4, -0.2) is 11.8 Å². The SMILES string of the molecule is Cc1ccc(C)c(NC(=O)C(C)(C)C(=O)Nc2cccc(F)c2)c1. The fraction of sp³-hybridized carbons (Fsp3) is 0.263. The molecular weight excluding hydrogens is 307 g/mol. The molecule has 2 N–H and O–H groups in total. The average Bonchev–Trinajstić information content (AvgIpc) is 2.50.